The molecule has 18 heavy (non-hydrogen) atoms. The topological polar surface area (TPSA) is 66.0 Å². The predicted octanol–water partition coefficient (Wildman–Crippen LogP) is 2.95. The van der Waals surface area contributed by atoms with Gasteiger partial charge in [0.1, 0.15) is 11.5 Å². The summed E-state index contributed by atoms with van der Waals surface area (Å²) in [5, 5.41) is 14.2. The van der Waals surface area contributed by atoms with Crippen LogP contribution in [0.5, 0.6) is 0 Å². The number of hydrogen-bond acceptors (Lipinski definition) is 2. The van der Waals surface area contributed by atoms with Crippen LogP contribution in [0.3, 0.4) is 0 Å². The Morgan fingerprint density at radius 2 is 1.94 bits per heavy atom. The van der Waals surface area contributed by atoms with Crippen molar-refractivity contribution >= 4 is 21.9 Å². The molecule has 0 unspecified atom stereocenters. The van der Waals surface area contributed by atoms with Crippen LogP contribution in [0.2, 0.25) is 0 Å². The van der Waals surface area contributed by atoms with Gasteiger partial charge in [-0.1, -0.05) is 0 Å². The summed E-state index contributed by atoms with van der Waals surface area (Å²) >= 11 is 2.73. The third kappa shape index (κ3) is 1.99. The number of rotatable bonds is 2. The number of carboxylic acid groups (broad SMARTS) is 1. The second-order valence-electron chi connectivity index (χ2n) is 3.32. The molecule has 0 aliphatic carbocycles. The van der Waals surface area contributed by atoms with E-state index in [1.165, 1.54) is 0 Å². The first-order valence-electron chi connectivity index (χ1n) is 4.54. The standard InChI is InChI=1S/C10H4BrF3N2O2/c11-3-1-4(12)9(14)7(8(3)13)5-2-6(10(17)18)16-15-5/h1-2H,(H,15,16)(H,17,18). The highest BCUT2D eigenvalue weighted by Gasteiger charge is 2.22. The Labute approximate surface area is 107 Å². The average Bonchev–Trinajstić information content (AvgIpc) is 2.76. The second kappa shape index (κ2) is 4.45. The van der Waals surface area contributed by atoms with Gasteiger partial charge < -0.3 is 5.11 Å². The van der Waals surface area contributed by atoms with Crippen LogP contribution >= 0.6 is 15.9 Å². The number of halogens is 4. The first kappa shape index (κ1) is 12.6. The van der Waals surface area contributed by atoms with Crippen LogP contribution in [0.25, 0.3) is 11.3 Å². The average molecular weight is 321 g/mol. The van der Waals surface area contributed by atoms with Crippen molar-refractivity contribution in [2.45, 2.75) is 0 Å². The molecular weight excluding hydrogens is 317 g/mol. The summed E-state index contributed by atoms with van der Waals surface area (Å²) in [5.41, 5.74) is -1.42. The van der Waals surface area contributed by atoms with Crippen LogP contribution < -0.4 is 0 Å². The quantitative estimate of drug-likeness (QED) is 0.836. The molecule has 8 heteroatoms. The van der Waals surface area contributed by atoms with Crippen LogP contribution in [0.4, 0.5) is 13.2 Å². The van der Waals surface area contributed by atoms with Gasteiger partial charge in [-0.25, -0.2) is 18.0 Å². The summed E-state index contributed by atoms with van der Waals surface area (Å²) in [6.45, 7) is 0. The lowest BCUT2D eigenvalue weighted by atomic mass is 10.1. The fourth-order valence-corrected chi connectivity index (χ4v) is 1.76. The first-order chi connectivity index (χ1) is 8.41. The summed E-state index contributed by atoms with van der Waals surface area (Å²) in [6.07, 6.45) is 0. The van der Waals surface area contributed by atoms with Crippen molar-refractivity contribution in [3.8, 4) is 11.3 Å². The van der Waals surface area contributed by atoms with Crippen molar-refractivity contribution in [1.82, 2.24) is 10.2 Å². The Morgan fingerprint density at radius 1 is 1.28 bits per heavy atom. The van der Waals surface area contributed by atoms with Crippen molar-refractivity contribution in [3.63, 3.8) is 0 Å². The number of carboxylic acids is 1. The summed E-state index contributed by atoms with van der Waals surface area (Å²) in [5.74, 6) is -5.10. The predicted molar refractivity (Wildman–Crippen MR) is 58.6 cm³/mol. The van der Waals surface area contributed by atoms with E-state index < -0.39 is 29.0 Å². The third-order valence-corrected chi connectivity index (χ3v) is 2.75. The minimum atomic E-state index is -1.43. The molecule has 1 aromatic heterocycles. The van der Waals surface area contributed by atoms with Crippen LogP contribution in [0, 0.1) is 17.5 Å². The molecule has 4 nitrogen and oxygen atoms in total. The zero-order valence-electron chi connectivity index (χ0n) is 8.47. The minimum Gasteiger partial charge on any atom is -0.477 e. The van der Waals surface area contributed by atoms with E-state index in [2.05, 4.69) is 26.1 Å². The molecule has 1 heterocycles. The third-order valence-electron chi connectivity index (χ3n) is 2.18. The van der Waals surface area contributed by atoms with E-state index in [-0.39, 0.29) is 15.9 Å². The SMILES string of the molecule is O=C(O)c1cc(-c2c(F)c(F)cc(Br)c2F)n[nH]1. The molecule has 0 saturated carbocycles. The van der Waals surface area contributed by atoms with Gasteiger partial charge in [-0.3, -0.25) is 5.10 Å². The van der Waals surface area contributed by atoms with Crippen molar-refractivity contribution in [2.24, 2.45) is 0 Å². The molecule has 0 spiro atoms. The zero-order valence-corrected chi connectivity index (χ0v) is 10.1. The highest BCUT2D eigenvalue weighted by molar-refractivity contribution is 9.10. The van der Waals surface area contributed by atoms with Gasteiger partial charge in [-0.2, -0.15) is 5.10 Å². The maximum absolute atomic E-state index is 13.7. The normalized spacial score (nSPS) is 10.7. The van der Waals surface area contributed by atoms with Crippen LogP contribution in [-0.2, 0) is 0 Å². The summed E-state index contributed by atoms with van der Waals surface area (Å²) in [6, 6.07) is 1.55. The fourth-order valence-electron chi connectivity index (χ4n) is 1.36. The van der Waals surface area contributed by atoms with Gasteiger partial charge in [0.15, 0.2) is 11.6 Å². The van der Waals surface area contributed by atoms with Gasteiger partial charge in [0.25, 0.3) is 0 Å². The summed E-state index contributed by atoms with van der Waals surface area (Å²) < 4.78 is 40.0. The van der Waals surface area contributed by atoms with E-state index in [0.717, 1.165) is 6.07 Å². The minimum absolute atomic E-state index is 0.281. The zero-order chi connectivity index (χ0) is 13.4. The lowest BCUT2D eigenvalue weighted by Crippen LogP contribution is -1.96. The molecule has 0 bridgehead atoms. The monoisotopic (exact) mass is 320 g/mol. The second-order valence-corrected chi connectivity index (χ2v) is 4.17. The van der Waals surface area contributed by atoms with E-state index in [4.69, 9.17) is 5.11 Å². The summed E-state index contributed by atoms with van der Waals surface area (Å²) in [7, 11) is 0. The fraction of sp³-hybridized carbons (Fsp3) is 0. The number of carbonyl (C=O) groups is 1. The molecule has 0 fully saturated rings. The van der Waals surface area contributed by atoms with Gasteiger partial charge in [0, 0.05) is 0 Å². The van der Waals surface area contributed by atoms with Crippen LogP contribution in [0.1, 0.15) is 10.5 Å². The van der Waals surface area contributed by atoms with E-state index in [0.29, 0.717) is 6.07 Å². The largest absolute Gasteiger partial charge is 0.477 e. The molecule has 2 rings (SSSR count). The highest BCUT2D eigenvalue weighted by atomic mass is 79.9. The molecular formula is C10H4BrF3N2O2. The number of nitrogens with zero attached hydrogens (tertiary/aromatic N) is 1. The van der Waals surface area contributed by atoms with E-state index in [1.54, 1.807) is 0 Å². The van der Waals surface area contributed by atoms with Crippen molar-refractivity contribution in [1.29, 1.82) is 0 Å². The molecule has 0 radical (unpaired) electrons. The first-order valence-corrected chi connectivity index (χ1v) is 5.33. The van der Waals surface area contributed by atoms with Gasteiger partial charge in [0.2, 0.25) is 0 Å². The summed E-state index contributed by atoms with van der Waals surface area (Å²) in [4.78, 5) is 10.6. The molecule has 0 amide bonds. The number of aromatic nitrogens is 2. The van der Waals surface area contributed by atoms with E-state index in [1.807, 2.05) is 0 Å². The number of H-pyrrole nitrogens is 1. The lowest BCUT2D eigenvalue weighted by molar-refractivity contribution is 0.0690. The van der Waals surface area contributed by atoms with E-state index in [9.17, 15) is 18.0 Å². The van der Waals surface area contributed by atoms with Crippen molar-refractivity contribution in [3.05, 3.63) is 39.8 Å². The lowest BCUT2D eigenvalue weighted by Gasteiger charge is -2.04. The van der Waals surface area contributed by atoms with E-state index >= 15 is 0 Å². The molecule has 2 aromatic rings. The Hall–Kier alpha value is -1.83. The molecule has 2 N–H and O–H groups in total. The Balaban J connectivity index is 2.66. The molecule has 0 aliphatic rings. The van der Waals surface area contributed by atoms with Crippen molar-refractivity contribution < 1.29 is 23.1 Å². The number of benzene rings is 1. The number of hydrogen-bond donors (Lipinski definition) is 2. The number of nitrogens with one attached hydrogen (secondary N) is 1. The van der Waals surface area contributed by atoms with Gasteiger partial charge in [-0.05, 0) is 28.1 Å². The molecule has 1 aromatic carbocycles. The van der Waals surface area contributed by atoms with Gasteiger partial charge in [-0.15, -0.1) is 0 Å². The maximum Gasteiger partial charge on any atom is 0.353 e. The smallest absolute Gasteiger partial charge is 0.353 e. The molecule has 94 valence electrons. The molecule has 0 aliphatic heterocycles. The molecule has 0 saturated heterocycles. The van der Waals surface area contributed by atoms with Crippen molar-refractivity contribution in [2.75, 3.05) is 0 Å². The maximum atomic E-state index is 13.7. The van der Waals surface area contributed by atoms with Crippen LogP contribution in [0.15, 0.2) is 16.6 Å². The van der Waals surface area contributed by atoms with Crippen LogP contribution in [-0.4, -0.2) is 21.3 Å². The Bertz CT molecular complexity index is 616. The number of aromatic amines is 1. The Kier molecular flexibility index (Phi) is 3.12. The Morgan fingerprint density at radius 3 is 2.50 bits per heavy atom. The molecule has 0 atom stereocenters. The van der Waals surface area contributed by atoms with Gasteiger partial charge >= 0.3 is 5.97 Å². The van der Waals surface area contributed by atoms with Gasteiger partial charge in [0.05, 0.1) is 15.7 Å². The highest BCUT2D eigenvalue weighted by Crippen LogP contribution is 2.31. The number of aromatic carboxylic acids is 1.